The van der Waals surface area contributed by atoms with Crippen LogP contribution in [0.3, 0.4) is 0 Å². The Labute approximate surface area is 144 Å². The number of nitriles is 1. The third kappa shape index (κ3) is 2.72. The Morgan fingerprint density at radius 3 is 2.80 bits per heavy atom. The van der Waals surface area contributed by atoms with E-state index in [0.717, 1.165) is 11.3 Å². The summed E-state index contributed by atoms with van der Waals surface area (Å²) in [4.78, 5) is 16.4. The van der Waals surface area contributed by atoms with E-state index in [1.807, 2.05) is 24.4 Å². The number of anilines is 1. The second-order valence-corrected chi connectivity index (χ2v) is 5.81. The van der Waals surface area contributed by atoms with Gasteiger partial charge in [-0.25, -0.2) is 9.78 Å². The maximum atomic E-state index is 12.2. The van der Waals surface area contributed by atoms with E-state index < -0.39 is 0 Å². The molecular formula is C19H15N5O. The molecule has 0 saturated heterocycles. The molecule has 122 valence electrons. The van der Waals surface area contributed by atoms with Crippen LogP contribution in [0.5, 0.6) is 0 Å². The lowest BCUT2D eigenvalue weighted by Crippen LogP contribution is -2.33. The minimum atomic E-state index is -0.282. The highest BCUT2D eigenvalue weighted by Gasteiger charge is 2.28. The minimum Gasteiger partial charge on any atom is -0.335 e. The zero-order chi connectivity index (χ0) is 17.2. The molecule has 0 unspecified atom stereocenters. The molecule has 2 N–H and O–H groups in total. The molecule has 0 aliphatic carbocycles. The number of carbonyl (C=O) groups excluding carboxylic acids is 1. The smallest absolute Gasteiger partial charge is 0.319 e. The first-order chi connectivity index (χ1) is 12.3. The van der Waals surface area contributed by atoms with Crippen molar-refractivity contribution >= 4 is 11.7 Å². The molecule has 1 aliphatic rings. The van der Waals surface area contributed by atoms with E-state index in [4.69, 9.17) is 5.26 Å². The van der Waals surface area contributed by atoms with Crippen LogP contribution < -0.4 is 10.6 Å². The van der Waals surface area contributed by atoms with Gasteiger partial charge in [0.2, 0.25) is 0 Å². The number of rotatable bonds is 3. The van der Waals surface area contributed by atoms with Crippen molar-refractivity contribution in [2.75, 3.05) is 11.9 Å². The van der Waals surface area contributed by atoms with Gasteiger partial charge in [-0.15, -0.1) is 0 Å². The predicted molar refractivity (Wildman–Crippen MR) is 94.0 cm³/mol. The van der Waals surface area contributed by atoms with Crippen LogP contribution in [0.25, 0.3) is 11.3 Å². The molecule has 6 heteroatoms. The Kier molecular flexibility index (Phi) is 3.67. The number of benzene rings is 2. The van der Waals surface area contributed by atoms with Crippen LogP contribution in [0.1, 0.15) is 17.2 Å². The first-order valence-corrected chi connectivity index (χ1v) is 7.92. The maximum Gasteiger partial charge on any atom is 0.319 e. The highest BCUT2D eigenvalue weighted by Crippen LogP contribution is 2.38. The van der Waals surface area contributed by atoms with Crippen molar-refractivity contribution in [2.24, 2.45) is 0 Å². The van der Waals surface area contributed by atoms with Gasteiger partial charge >= 0.3 is 6.03 Å². The number of hydrogen-bond acceptors (Lipinski definition) is 3. The zero-order valence-corrected chi connectivity index (χ0v) is 13.3. The molecule has 6 nitrogen and oxygen atoms in total. The quantitative estimate of drug-likeness (QED) is 0.774. The molecule has 0 bridgehead atoms. The zero-order valence-electron chi connectivity index (χ0n) is 13.3. The molecule has 0 spiro atoms. The fourth-order valence-corrected chi connectivity index (χ4v) is 3.13. The van der Waals surface area contributed by atoms with Crippen molar-refractivity contribution in [3.63, 3.8) is 0 Å². The monoisotopic (exact) mass is 329 g/mol. The summed E-state index contributed by atoms with van der Waals surface area (Å²) in [6, 6.07) is 16.7. The van der Waals surface area contributed by atoms with Crippen LogP contribution in [0.2, 0.25) is 0 Å². The van der Waals surface area contributed by atoms with Crippen molar-refractivity contribution in [1.29, 1.82) is 5.26 Å². The average Bonchev–Trinajstić information content (AvgIpc) is 3.22. The van der Waals surface area contributed by atoms with Gasteiger partial charge in [0.15, 0.2) is 0 Å². The number of fused-ring (bicyclic) bond motifs is 3. The Morgan fingerprint density at radius 1 is 1.20 bits per heavy atom. The SMILES string of the molecule is N#Cc1ccc(NC(=O)NC[C@H]2c3ccccc3-c3cncn32)cc1. The van der Waals surface area contributed by atoms with Crippen LogP contribution in [-0.4, -0.2) is 22.1 Å². The highest BCUT2D eigenvalue weighted by atomic mass is 16.2. The topological polar surface area (TPSA) is 82.7 Å². The van der Waals surface area contributed by atoms with Crippen LogP contribution in [-0.2, 0) is 0 Å². The molecule has 2 heterocycles. The molecule has 2 amide bonds. The summed E-state index contributed by atoms with van der Waals surface area (Å²) >= 11 is 0. The lowest BCUT2D eigenvalue weighted by atomic mass is 10.0. The summed E-state index contributed by atoms with van der Waals surface area (Å²) in [5, 5.41) is 14.5. The van der Waals surface area contributed by atoms with Crippen molar-refractivity contribution in [1.82, 2.24) is 14.9 Å². The number of imidazole rings is 1. The first-order valence-electron chi connectivity index (χ1n) is 7.92. The molecule has 25 heavy (non-hydrogen) atoms. The largest absolute Gasteiger partial charge is 0.335 e. The Hall–Kier alpha value is -3.59. The van der Waals surface area contributed by atoms with Gasteiger partial charge < -0.3 is 15.2 Å². The molecule has 0 radical (unpaired) electrons. The van der Waals surface area contributed by atoms with Crippen molar-refractivity contribution in [3.8, 4) is 17.3 Å². The Balaban J connectivity index is 1.45. The molecule has 4 rings (SSSR count). The molecule has 1 aliphatic heterocycles. The second kappa shape index (κ2) is 6.13. The number of urea groups is 1. The second-order valence-electron chi connectivity index (χ2n) is 5.81. The fraction of sp³-hybridized carbons (Fsp3) is 0.105. The van der Waals surface area contributed by atoms with Gasteiger partial charge in [-0.1, -0.05) is 24.3 Å². The first kappa shape index (κ1) is 15.0. The number of nitrogens with zero attached hydrogens (tertiary/aromatic N) is 3. The van der Waals surface area contributed by atoms with E-state index in [-0.39, 0.29) is 12.1 Å². The van der Waals surface area contributed by atoms with Crippen molar-refractivity contribution in [2.45, 2.75) is 6.04 Å². The van der Waals surface area contributed by atoms with E-state index >= 15 is 0 Å². The number of amides is 2. The summed E-state index contributed by atoms with van der Waals surface area (Å²) in [7, 11) is 0. The van der Waals surface area contributed by atoms with Gasteiger partial charge in [0, 0.05) is 17.8 Å². The van der Waals surface area contributed by atoms with Gasteiger partial charge in [-0.05, 0) is 29.8 Å². The predicted octanol–water partition coefficient (Wildman–Crippen LogP) is 3.15. The molecule has 3 aromatic rings. The maximum absolute atomic E-state index is 12.2. The number of nitrogens with one attached hydrogen (secondary N) is 2. The number of carbonyl (C=O) groups is 1. The molecular weight excluding hydrogens is 314 g/mol. The number of hydrogen-bond donors (Lipinski definition) is 2. The summed E-state index contributed by atoms with van der Waals surface area (Å²) in [6.45, 7) is 0.461. The van der Waals surface area contributed by atoms with E-state index in [1.165, 1.54) is 5.56 Å². The fourth-order valence-electron chi connectivity index (χ4n) is 3.13. The van der Waals surface area contributed by atoms with Crippen molar-refractivity contribution in [3.05, 3.63) is 72.2 Å². The summed E-state index contributed by atoms with van der Waals surface area (Å²) < 4.78 is 2.08. The van der Waals surface area contributed by atoms with Crippen LogP contribution in [0, 0.1) is 11.3 Å². The molecule has 1 aromatic heterocycles. The average molecular weight is 329 g/mol. The summed E-state index contributed by atoms with van der Waals surface area (Å²) in [5.74, 6) is 0. The molecule has 1 atom stereocenters. The lowest BCUT2D eigenvalue weighted by Gasteiger charge is -2.16. The van der Waals surface area contributed by atoms with Gasteiger partial charge in [0.25, 0.3) is 0 Å². The minimum absolute atomic E-state index is 0.0282. The normalized spacial score (nSPS) is 14.3. The van der Waals surface area contributed by atoms with Crippen molar-refractivity contribution < 1.29 is 4.79 Å². The lowest BCUT2D eigenvalue weighted by molar-refractivity contribution is 0.251. The Morgan fingerprint density at radius 2 is 2.00 bits per heavy atom. The van der Waals surface area contributed by atoms with E-state index in [2.05, 4.69) is 32.3 Å². The highest BCUT2D eigenvalue weighted by molar-refractivity contribution is 5.89. The van der Waals surface area contributed by atoms with Crippen LogP contribution >= 0.6 is 0 Å². The van der Waals surface area contributed by atoms with E-state index in [1.54, 1.807) is 30.6 Å². The number of aromatic nitrogens is 2. The van der Waals surface area contributed by atoms with E-state index in [9.17, 15) is 4.79 Å². The van der Waals surface area contributed by atoms with Gasteiger partial charge in [0.1, 0.15) is 0 Å². The Bertz CT molecular complexity index is 968. The summed E-state index contributed by atoms with van der Waals surface area (Å²) in [5.41, 5.74) is 4.60. The molecule has 2 aromatic carbocycles. The van der Waals surface area contributed by atoms with Crippen LogP contribution in [0.4, 0.5) is 10.5 Å². The molecule has 0 fully saturated rings. The van der Waals surface area contributed by atoms with Gasteiger partial charge in [-0.3, -0.25) is 0 Å². The van der Waals surface area contributed by atoms with Gasteiger partial charge in [0.05, 0.1) is 35.9 Å². The van der Waals surface area contributed by atoms with E-state index in [0.29, 0.717) is 17.8 Å². The standard InChI is InChI=1S/C19H15N5O/c20-9-13-5-7-14(8-6-13)23-19(25)22-11-18-16-4-2-1-3-15(16)17-10-21-12-24(17)18/h1-8,10,12,18H,11H2,(H2,22,23,25)/t18-/m0/s1. The third-order valence-corrected chi connectivity index (χ3v) is 4.33. The summed E-state index contributed by atoms with van der Waals surface area (Å²) in [6.07, 6.45) is 3.63. The molecule has 0 saturated carbocycles. The van der Waals surface area contributed by atoms with Crippen LogP contribution in [0.15, 0.2) is 61.1 Å². The van der Waals surface area contributed by atoms with Gasteiger partial charge in [-0.2, -0.15) is 5.26 Å². The third-order valence-electron chi connectivity index (χ3n) is 4.33.